The fourth-order valence-corrected chi connectivity index (χ4v) is 1.85. The van der Waals surface area contributed by atoms with Crippen LogP contribution < -0.4 is 0 Å². The van der Waals surface area contributed by atoms with Gasteiger partial charge in [0, 0.05) is 16.9 Å². The number of esters is 1. The minimum atomic E-state index is -0.352. The van der Waals surface area contributed by atoms with Crippen LogP contribution in [-0.2, 0) is 9.53 Å². The summed E-state index contributed by atoms with van der Waals surface area (Å²) in [6.07, 6.45) is 2.14. The molecule has 1 rings (SSSR count). The van der Waals surface area contributed by atoms with E-state index in [9.17, 15) is 4.79 Å². The Labute approximate surface area is 93.9 Å². The summed E-state index contributed by atoms with van der Waals surface area (Å²) >= 11 is 1.57. The van der Waals surface area contributed by atoms with Gasteiger partial charge in [0.05, 0.1) is 0 Å². The third-order valence-electron chi connectivity index (χ3n) is 1.84. The predicted molar refractivity (Wildman–Crippen MR) is 62.8 cm³/mol. The molecular weight excluding hydrogens is 208 g/mol. The Morgan fingerprint density at radius 2 is 2.47 bits per heavy atom. The molecule has 1 atom stereocenters. The van der Waals surface area contributed by atoms with Gasteiger partial charge in [-0.2, -0.15) is 0 Å². The highest BCUT2D eigenvalue weighted by molar-refractivity contribution is 7.10. The van der Waals surface area contributed by atoms with E-state index in [1.54, 1.807) is 24.3 Å². The zero-order valence-corrected chi connectivity index (χ0v) is 9.55. The Morgan fingerprint density at radius 3 is 2.93 bits per heavy atom. The van der Waals surface area contributed by atoms with E-state index in [0.29, 0.717) is 12.0 Å². The summed E-state index contributed by atoms with van der Waals surface area (Å²) in [7, 11) is 0. The highest BCUT2D eigenvalue weighted by atomic mass is 32.1. The lowest BCUT2D eigenvalue weighted by Crippen LogP contribution is -2.10. The molecule has 0 aliphatic rings. The molecule has 0 radical (unpaired) electrons. The molecule has 80 valence electrons. The summed E-state index contributed by atoms with van der Waals surface area (Å²) in [5.74, 6) is -0.352. The summed E-state index contributed by atoms with van der Waals surface area (Å²) in [6.45, 7) is 8.85. The van der Waals surface area contributed by atoms with Crippen molar-refractivity contribution in [1.82, 2.24) is 0 Å². The third kappa shape index (κ3) is 3.36. The number of carbonyl (C=O) groups is 1. The van der Waals surface area contributed by atoms with Crippen molar-refractivity contribution in [2.75, 3.05) is 0 Å². The molecule has 1 unspecified atom stereocenters. The first-order valence-electron chi connectivity index (χ1n) is 4.66. The van der Waals surface area contributed by atoms with Crippen LogP contribution in [0, 0.1) is 0 Å². The molecule has 0 fully saturated rings. The monoisotopic (exact) mass is 222 g/mol. The topological polar surface area (TPSA) is 26.3 Å². The summed E-state index contributed by atoms with van der Waals surface area (Å²) in [5, 5.41) is 1.96. The van der Waals surface area contributed by atoms with Gasteiger partial charge in [-0.05, 0) is 18.4 Å². The van der Waals surface area contributed by atoms with Crippen LogP contribution in [0.3, 0.4) is 0 Å². The molecule has 3 heteroatoms. The molecule has 0 aliphatic heterocycles. The van der Waals surface area contributed by atoms with Crippen LogP contribution in [0.2, 0.25) is 0 Å². The number of ether oxygens (including phenoxy) is 1. The molecule has 0 amide bonds. The molecule has 2 nitrogen and oxygen atoms in total. The van der Waals surface area contributed by atoms with Crippen molar-refractivity contribution >= 4 is 17.3 Å². The van der Waals surface area contributed by atoms with Crippen molar-refractivity contribution in [3.8, 4) is 0 Å². The van der Waals surface area contributed by atoms with Gasteiger partial charge in [0.25, 0.3) is 0 Å². The first kappa shape index (κ1) is 11.7. The van der Waals surface area contributed by atoms with E-state index in [2.05, 4.69) is 13.2 Å². The van der Waals surface area contributed by atoms with E-state index in [1.807, 2.05) is 17.5 Å². The summed E-state index contributed by atoms with van der Waals surface area (Å²) in [5.41, 5.74) is 0.417. The lowest BCUT2D eigenvalue weighted by atomic mass is 10.2. The van der Waals surface area contributed by atoms with Crippen LogP contribution in [-0.4, -0.2) is 5.97 Å². The summed E-state index contributed by atoms with van der Waals surface area (Å²) in [6, 6.07) is 3.88. The summed E-state index contributed by atoms with van der Waals surface area (Å²) < 4.78 is 5.30. The minimum Gasteiger partial charge on any atom is -0.453 e. The van der Waals surface area contributed by atoms with Crippen molar-refractivity contribution in [3.63, 3.8) is 0 Å². The van der Waals surface area contributed by atoms with Crippen LogP contribution in [0.15, 0.2) is 42.3 Å². The Bertz CT molecular complexity index is 352. The van der Waals surface area contributed by atoms with Crippen molar-refractivity contribution in [2.24, 2.45) is 0 Å². The molecule has 1 aromatic heterocycles. The smallest absolute Gasteiger partial charge is 0.333 e. The molecule has 0 spiro atoms. The second-order valence-corrected chi connectivity index (χ2v) is 4.19. The van der Waals surface area contributed by atoms with E-state index in [4.69, 9.17) is 4.74 Å². The minimum absolute atomic E-state index is 0.230. The van der Waals surface area contributed by atoms with Crippen LogP contribution in [0.1, 0.15) is 24.3 Å². The Morgan fingerprint density at radius 1 is 1.73 bits per heavy atom. The Balaban J connectivity index is 2.71. The maximum atomic E-state index is 11.4. The molecule has 0 saturated carbocycles. The molecule has 0 N–H and O–H groups in total. The van der Waals surface area contributed by atoms with Crippen molar-refractivity contribution < 1.29 is 9.53 Å². The third-order valence-corrected chi connectivity index (χ3v) is 2.80. The number of rotatable bonds is 5. The van der Waals surface area contributed by atoms with E-state index in [-0.39, 0.29) is 12.1 Å². The highest BCUT2D eigenvalue weighted by Gasteiger charge is 2.16. The Kier molecular flexibility index (Phi) is 4.31. The van der Waals surface area contributed by atoms with Gasteiger partial charge in [0.2, 0.25) is 0 Å². The van der Waals surface area contributed by atoms with Crippen molar-refractivity contribution in [2.45, 2.75) is 19.4 Å². The fourth-order valence-electron chi connectivity index (χ4n) is 1.08. The molecule has 0 aromatic carbocycles. The average molecular weight is 222 g/mol. The number of thiophene rings is 1. The van der Waals surface area contributed by atoms with E-state index in [0.717, 1.165) is 4.88 Å². The lowest BCUT2D eigenvalue weighted by Gasteiger charge is -2.14. The highest BCUT2D eigenvalue weighted by Crippen LogP contribution is 2.26. The van der Waals surface area contributed by atoms with Gasteiger partial charge in [0.1, 0.15) is 6.10 Å². The van der Waals surface area contributed by atoms with Crippen LogP contribution in [0.4, 0.5) is 0 Å². The fraction of sp³-hybridized carbons (Fsp3) is 0.250. The number of hydrogen-bond donors (Lipinski definition) is 0. The molecule has 0 bridgehead atoms. The first-order chi connectivity index (χ1) is 7.15. The van der Waals surface area contributed by atoms with Crippen molar-refractivity contribution in [3.05, 3.63) is 47.2 Å². The largest absolute Gasteiger partial charge is 0.453 e. The standard InChI is InChI=1S/C12H14O2S/c1-4-6-10(11-7-5-8-15-11)14-12(13)9(2)3/h4-5,7-8,10H,1-2,6H2,3H3. The van der Waals surface area contributed by atoms with E-state index >= 15 is 0 Å². The van der Waals surface area contributed by atoms with Crippen LogP contribution in [0.5, 0.6) is 0 Å². The molecule has 1 aromatic rings. The first-order valence-corrected chi connectivity index (χ1v) is 5.54. The van der Waals surface area contributed by atoms with Gasteiger partial charge >= 0.3 is 5.97 Å². The average Bonchev–Trinajstić information content (AvgIpc) is 2.69. The summed E-state index contributed by atoms with van der Waals surface area (Å²) in [4.78, 5) is 12.4. The maximum absolute atomic E-state index is 11.4. The van der Waals surface area contributed by atoms with Gasteiger partial charge in [-0.1, -0.05) is 18.7 Å². The van der Waals surface area contributed by atoms with Gasteiger partial charge < -0.3 is 4.74 Å². The zero-order chi connectivity index (χ0) is 11.3. The quantitative estimate of drug-likeness (QED) is 0.433. The Hall–Kier alpha value is -1.35. The van der Waals surface area contributed by atoms with Crippen LogP contribution >= 0.6 is 11.3 Å². The molecule has 1 heterocycles. The van der Waals surface area contributed by atoms with Gasteiger partial charge in [-0.15, -0.1) is 17.9 Å². The second-order valence-electron chi connectivity index (χ2n) is 3.21. The lowest BCUT2D eigenvalue weighted by molar-refractivity contribution is -0.144. The zero-order valence-electron chi connectivity index (χ0n) is 8.73. The van der Waals surface area contributed by atoms with E-state index in [1.165, 1.54) is 0 Å². The van der Waals surface area contributed by atoms with Gasteiger partial charge in [-0.25, -0.2) is 4.79 Å². The second kappa shape index (κ2) is 5.51. The maximum Gasteiger partial charge on any atom is 0.333 e. The predicted octanol–water partition coefficient (Wildman–Crippen LogP) is 3.48. The molecular formula is C12H14O2S. The molecule has 0 saturated heterocycles. The van der Waals surface area contributed by atoms with Gasteiger partial charge in [-0.3, -0.25) is 0 Å². The molecule has 0 aliphatic carbocycles. The SMILES string of the molecule is C=CCC(OC(=O)C(=C)C)c1cccs1. The van der Waals surface area contributed by atoms with E-state index < -0.39 is 0 Å². The van der Waals surface area contributed by atoms with Gasteiger partial charge in [0.15, 0.2) is 0 Å². The van der Waals surface area contributed by atoms with Crippen molar-refractivity contribution in [1.29, 1.82) is 0 Å². The normalized spacial score (nSPS) is 11.8. The molecule has 15 heavy (non-hydrogen) atoms. The van der Waals surface area contributed by atoms with Crippen LogP contribution in [0.25, 0.3) is 0 Å². The number of hydrogen-bond acceptors (Lipinski definition) is 3. The number of carbonyl (C=O) groups excluding carboxylic acids is 1.